The molecule has 2 aromatic rings. The number of hydrogen-bond acceptors (Lipinski definition) is 5. The van der Waals surface area contributed by atoms with E-state index in [1.165, 1.54) is 17.5 Å². The van der Waals surface area contributed by atoms with Gasteiger partial charge in [-0.1, -0.05) is 19.1 Å². The van der Waals surface area contributed by atoms with Crippen LogP contribution in [0.4, 0.5) is 0 Å². The summed E-state index contributed by atoms with van der Waals surface area (Å²) in [7, 11) is 1.68. The van der Waals surface area contributed by atoms with Gasteiger partial charge in [0.05, 0.1) is 19.9 Å². The molecule has 1 saturated carbocycles. The van der Waals surface area contributed by atoms with E-state index < -0.39 is 0 Å². The van der Waals surface area contributed by atoms with E-state index in [-0.39, 0.29) is 0 Å². The summed E-state index contributed by atoms with van der Waals surface area (Å²) >= 11 is 0. The third-order valence-corrected chi connectivity index (χ3v) is 6.08. The quantitative estimate of drug-likeness (QED) is 0.634. The number of benzene rings is 1. The van der Waals surface area contributed by atoms with Gasteiger partial charge in [0.2, 0.25) is 0 Å². The molecule has 0 amide bonds. The Morgan fingerprint density at radius 1 is 1.14 bits per heavy atom. The molecule has 28 heavy (non-hydrogen) atoms. The van der Waals surface area contributed by atoms with Gasteiger partial charge in [-0.15, -0.1) is 0 Å². The Bertz CT molecular complexity index is 761. The maximum atomic E-state index is 5.90. The molecule has 0 bridgehead atoms. The van der Waals surface area contributed by atoms with Gasteiger partial charge < -0.3 is 19.5 Å². The second-order valence-electron chi connectivity index (χ2n) is 7.94. The van der Waals surface area contributed by atoms with Crippen molar-refractivity contribution in [3.63, 3.8) is 0 Å². The Morgan fingerprint density at radius 3 is 2.68 bits per heavy atom. The van der Waals surface area contributed by atoms with Crippen molar-refractivity contribution in [2.24, 2.45) is 11.8 Å². The second-order valence-corrected chi connectivity index (χ2v) is 7.94. The van der Waals surface area contributed by atoms with E-state index in [4.69, 9.17) is 14.2 Å². The molecule has 4 rings (SSSR count). The minimum atomic E-state index is 0.499. The maximum absolute atomic E-state index is 5.90. The van der Waals surface area contributed by atoms with Gasteiger partial charge in [0, 0.05) is 18.8 Å². The van der Waals surface area contributed by atoms with Crippen LogP contribution in [0.3, 0.4) is 0 Å². The Balaban J connectivity index is 1.21. The van der Waals surface area contributed by atoms with Crippen LogP contribution in [0.25, 0.3) is 0 Å². The van der Waals surface area contributed by atoms with Crippen molar-refractivity contribution < 1.29 is 14.2 Å². The molecule has 0 spiro atoms. The number of aromatic nitrogens is 1. The highest BCUT2D eigenvalue weighted by Crippen LogP contribution is 2.55. The smallest absolute Gasteiger partial charge is 0.137 e. The molecule has 4 atom stereocenters. The Kier molecular flexibility index (Phi) is 6.13. The molecule has 1 saturated heterocycles. The summed E-state index contributed by atoms with van der Waals surface area (Å²) in [4.78, 5) is 4.40. The highest BCUT2D eigenvalue weighted by molar-refractivity contribution is 5.32. The molecule has 1 aromatic carbocycles. The van der Waals surface area contributed by atoms with Crippen LogP contribution in [0.5, 0.6) is 11.5 Å². The van der Waals surface area contributed by atoms with Crippen LogP contribution >= 0.6 is 0 Å². The minimum Gasteiger partial charge on any atom is -0.497 e. The predicted molar refractivity (Wildman–Crippen MR) is 109 cm³/mol. The molecule has 1 aromatic heterocycles. The number of pyridine rings is 1. The van der Waals surface area contributed by atoms with Crippen LogP contribution in [0.2, 0.25) is 0 Å². The molecule has 2 fully saturated rings. The van der Waals surface area contributed by atoms with Crippen molar-refractivity contribution in [3.05, 3.63) is 53.9 Å². The summed E-state index contributed by atoms with van der Waals surface area (Å²) in [6, 6.07) is 10.7. The van der Waals surface area contributed by atoms with Crippen molar-refractivity contribution in [2.75, 3.05) is 26.9 Å². The molecule has 1 aliphatic carbocycles. The Hall–Kier alpha value is -2.11. The van der Waals surface area contributed by atoms with Crippen LogP contribution < -0.4 is 14.8 Å². The van der Waals surface area contributed by atoms with Gasteiger partial charge in [0.25, 0.3) is 0 Å². The van der Waals surface area contributed by atoms with Crippen LogP contribution in [0, 0.1) is 11.8 Å². The zero-order valence-corrected chi connectivity index (χ0v) is 16.8. The Labute approximate surface area is 167 Å². The van der Waals surface area contributed by atoms with Crippen LogP contribution in [0.15, 0.2) is 42.7 Å². The number of rotatable bonds is 10. The molecule has 4 unspecified atom stereocenters. The fourth-order valence-electron chi connectivity index (χ4n) is 4.05. The molecule has 5 heteroatoms. The minimum absolute atomic E-state index is 0.499. The van der Waals surface area contributed by atoms with E-state index in [1.807, 2.05) is 24.5 Å². The van der Waals surface area contributed by atoms with Gasteiger partial charge in [-0.05, 0) is 66.5 Å². The van der Waals surface area contributed by atoms with Crippen molar-refractivity contribution >= 4 is 0 Å². The van der Waals surface area contributed by atoms with Crippen molar-refractivity contribution in [1.29, 1.82) is 0 Å². The second kappa shape index (κ2) is 8.93. The number of hydrogen-bond donors (Lipinski definition) is 1. The molecule has 2 aliphatic rings. The lowest BCUT2D eigenvalue weighted by Gasteiger charge is -2.27. The lowest BCUT2D eigenvalue weighted by atomic mass is 10.1. The summed E-state index contributed by atoms with van der Waals surface area (Å²) in [5.74, 6) is 3.68. The van der Waals surface area contributed by atoms with Gasteiger partial charge in [-0.3, -0.25) is 4.98 Å². The highest BCUT2D eigenvalue weighted by atomic mass is 16.5. The third kappa shape index (κ3) is 4.65. The van der Waals surface area contributed by atoms with Crippen LogP contribution in [0.1, 0.15) is 36.8 Å². The van der Waals surface area contributed by atoms with E-state index >= 15 is 0 Å². The first-order valence-corrected chi connectivity index (χ1v) is 10.3. The largest absolute Gasteiger partial charge is 0.497 e. The first-order chi connectivity index (χ1) is 13.7. The third-order valence-electron chi connectivity index (χ3n) is 6.08. The fourth-order valence-corrected chi connectivity index (χ4v) is 4.05. The average Bonchev–Trinajstić information content (AvgIpc) is 3.34. The molecule has 1 N–H and O–H groups in total. The molecular weight excluding hydrogens is 352 g/mol. The van der Waals surface area contributed by atoms with Crippen LogP contribution in [-0.4, -0.2) is 37.9 Å². The standard InChI is InChI=1S/C23H30N2O3/c1-16-22(8-10-27-14-17-3-5-20(26-2)6-4-17)23(16)18-11-21(13-24-12-18)28-15-19-7-9-25-19/h3-6,11-13,16,19,22-23,25H,7-10,14-15H2,1-2H3. The number of nitrogens with one attached hydrogen (secondary N) is 1. The lowest BCUT2D eigenvalue weighted by molar-refractivity contribution is 0.114. The summed E-state index contributed by atoms with van der Waals surface area (Å²) in [6.45, 7) is 5.59. The predicted octanol–water partition coefficient (Wildman–Crippen LogP) is 3.79. The van der Waals surface area contributed by atoms with Crippen molar-refractivity contribution in [3.8, 4) is 11.5 Å². The van der Waals surface area contributed by atoms with Gasteiger partial charge >= 0.3 is 0 Å². The molecule has 5 nitrogen and oxygen atoms in total. The first kappa shape index (κ1) is 19.2. The first-order valence-electron chi connectivity index (χ1n) is 10.3. The molecule has 2 heterocycles. The normalized spacial score (nSPS) is 25.8. The maximum Gasteiger partial charge on any atom is 0.137 e. The number of ether oxygens (including phenoxy) is 3. The van der Waals surface area contributed by atoms with Crippen molar-refractivity contribution in [1.82, 2.24) is 10.3 Å². The van der Waals surface area contributed by atoms with Crippen molar-refractivity contribution in [2.45, 2.75) is 38.3 Å². The van der Waals surface area contributed by atoms with E-state index in [0.29, 0.717) is 30.4 Å². The van der Waals surface area contributed by atoms with E-state index in [2.05, 4.69) is 35.4 Å². The highest BCUT2D eigenvalue weighted by Gasteiger charge is 2.47. The molecule has 0 radical (unpaired) electrons. The van der Waals surface area contributed by atoms with Gasteiger partial charge in [-0.25, -0.2) is 0 Å². The average molecular weight is 383 g/mol. The van der Waals surface area contributed by atoms with Gasteiger partial charge in [0.15, 0.2) is 0 Å². The monoisotopic (exact) mass is 382 g/mol. The van der Waals surface area contributed by atoms with E-state index in [0.717, 1.165) is 37.7 Å². The summed E-state index contributed by atoms with van der Waals surface area (Å²) in [6.07, 6.45) is 6.10. The number of nitrogens with zero attached hydrogens (tertiary/aromatic N) is 1. The summed E-state index contributed by atoms with van der Waals surface area (Å²) < 4.78 is 17.0. The fraction of sp³-hybridized carbons (Fsp3) is 0.522. The van der Waals surface area contributed by atoms with E-state index in [9.17, 15) is 0 Å². The number of methoxy groups -OCH3 is 1. The SMILES string of the molecule is COc1ccc(COCCC2C(C)C2c2cncc(OCC3CCN3)c2)cc1. The topological polar surface area (TPSA) is 52.6 Å². The summed E-state index contributed by atoms with van der Waals surface area (Å²) in [5, 5.41) is 3.36. The van der Waals surface area contributed by atoms with Crippen LogP contribution in [-0.2, 0) is 11.3 Å². The molecular formula is C23H30N2O3. The van der Waals surface area contributed by atoms with Gasteiger partial charge in [-0.2, -0.15) is 0 Å². The van der Waals surface area contributed by atoms with Gasteiger partial charge in [0.1, 0.15) is 18.1 Å². The lowest BCUT2D eigenvalue weighted by Crippen LogP contribution is -2.46. The Morgan fingerprint density at radius 2 is 1.96 bits per heavy atom. The zero-order valence-electron chi connectivity index (χ0n) is 16.8. The summed E-state index contributed by atoms with van der Waals surface area (Å²) in [5.41, 5.74) is 2.47. The molecule has 1 aliphatic heterocycles. The van der Waals surface area contributed by atoms with E-state index in [1.54, 1.807) is 7.11 Å². The zero-order chi connectivity index (χ0) is 19.3. The molecule has 150 valence electrons.